The number of likely N-dealkylation sites (tertiary alicyclic amines) is 1. The first-order chi connectivity index (χ1) is 9.25. The molecule has 1 aliphatic rings. The molecule has 1 saturated heterocycles. The first kappa shape index (κ1) is 11.8. The molecule has 98 valence electrons. The number of imidazole rings is 1. The Labute approximate surface area is 111 Å². The van der Waals surface area contributed by atoms with Crippen LogP contribution in [0.1, 0.15) is 31.5 Å². The fourth-order valence-corrected chi connectivity index (χ4v) is 2.50. The molecule has 0 spiro atoms. The molecule has 1 amide bonds. The van der Waals surface area contributed by atoms with Crippen LogP contribution < -0.4 is 0 Å². The maximum Gasteiger partial charge on any atom is 0.220 e. The largest absolute Gasteiger partial charge is 0.334 e. The van der Waals surface area contributed by atoms with E-state index >= 15 is 0 Å². The van der Waals surface area contributed by atoms with E-state index in [1.807, 2.05) is 15.7 Å². The lowest BCUT2D eigenvalue weighted by molar-refractivity contribution is -0.129. The topological polar surface area (TPSA) is 63.9 Å². The van der Waals surface area contributed by atoms with Crippen molar-refractivity contribution in [1.82, 2.24) is 24.4 Å². The van der Waals surface area contributed by atoms with E-state index in [4.69, 9.17) is 0 Å². The van der Waals surface area contributed by atoms with Gasteiger partial charge in [0.25, 0.3) is 0 Å². The third-order valence-corrected chi connectivity index (χ3v) is 3.41. The number of hydrogen-bond donors (Lipinski definition) is 0. The molecular weight excluding hydrogens is 242 g/mol. The SMILES string of the molecule is CC(=O)N1CCC[C@@H]1c1cncc(-n2ccnc2)n1. The van der Waals surface area contributed by atoms with Crippen LogP contribution in [0.15, 0.2) is 31.1 Å². The molecule has 0 N–H and O–H groups in total. The molecule has 1 aliphatic heterocycles. The second-order valence-corrected chi connectivity index (χ2v) is 4.64. The third kappa shape index (κ3) is 2.21. The quantitative estimate of drug-likeness (QED) is 0.814. The van der Waals surface area contributed by atoms with Gasteiger partial charge < -0.3 is 4.90 Å². The van der Waals surface area contributed by atoms with Gasteiger partial charge in [0.1, 0.15) is 6.33 Å². The highest BCUT2D eigenvalue weighted by atomic mass is 16.2. The summed E-state index contributed by atoms with van der Waals surface area (Å²) in [5.41, 5.74) is 0.846. The van der Waals surface area contributed by atoms with Crippen LogP contribution in [0.2, 0.25) is 0 Å². The first-order valence-electron chi connectivity index (χ1n) is 6.33. The number of amides is 1. The average Bonchev–Trinajstić information content (AvgIpc) is 3.10. The number of nitrogens with zero attached hydrogens (tertiary/aromatic N) is 5. The Kier molecular flexibility index (Phi) is 2.98. The van der Waals surface area contributed by atoms with Gasteiger partial charge in [0.05, 0.1) is 24.1 Å². The van der Waals surface area contributed by atoms with E-state index < -0.39 is 0 Å². The predicted octanol–water partition coefficient (Wildman–Crippen LogP) is 1.35. The van der Waals surface area contributed by atoms with Crippen LogP contribution in [0.3, 0.4) is 0 Å². The molecule has 1 atom stereocenters. The molecule has 2 aromatic rings. The summed E-state index contributed by atoms with van der Waals surface area (Å²) in [4.78, 5) is 26.3. The Bertz CT molecular complexity index is 580. The van der Waals surface area contributed by atoms with Crippen LogP contribution in [-0.2, 0) is 4.79 Å². The molecule has 0 bridgehead atoms. The van der Waals surface area contributed by atoms with Crippen LogP contribution in [0.5, 0.6) is 0 Å². The van der Waals surface area contributed by atoms with E-state index in [-0.39, 0.29) is 11.9 Å². The van der Waals surface area contributed by atoms with Gasteiger partial charge in [-0.25, -0.2) is 9.97 Å². The van der Waals surface area contributed by atoms with Gasteiger partial charge >= 0.3 is 0 Å². The number of rotatable bonds is 2. The van der Waals surface area contributed by atoms with Crippen LogP contribution in [-0.4, -0.2) is 36.9 Å². The Balaban J connectivity index is 1.93. The average molecular weight is 257 g/mol. The molecule has 1 fully saturated rings. The molecule has 0 radical (unpaired) electrons. The van der Waals surface area contributed by atoms with E-state index in [9.17, 15) is 4.79 Å². The van der Waals surface area contributed by atoms with Gasteiger partial charge in [-0.15, -0.1) is 0 Å². The monoisotopic (exact) mass is 257 g/mol. The van der Waals surface area contributed by atoms with Crippen molar-refractivity contribution in [3.05, 3.63) is 36.8 Å². The Hall–Kier alpha value is -2.24. The Morgan fingerprint density at radius 3 is 3.00 bits per heavy atom. The minimum absolute atomic E-state index is 0.0495. The normalized spacial score (nSPS) is 18.8. The second kappa shape index (κ2) is 4.79. The highest BCUT2D eigenvalue weighted by Crippen LogP contribution is 2.30. The molecule has 6 nitrogen and oxygen atoms in total. The lowest BCUT2D eigenvalue weighted by Crippen LogP contribution is -2.28. The van der Waals surface area contributed by atoms with Crippen LogP contribution >= 0.6 is 0 Å². The summed E-state index contributed by atoms with van der Waals surface area (Å²) in [6.45, 7) is 2.41. The number of aromatic nitrogens is 4. The summed E-state index contributed by atoms with van der Waals surface area (Å²) in [6, 6.07) is 0.0495. The molecular formula is C13H15N5O. The highest BCUT2D eigenvalue weighted by Gasteiger charge is 2.29. The molecule has 0 saturated carbocycles. The zero-order valence-corrected chi connectivity index (χ0v) is 10.7. The summed E-state index contributed by atoms with van der Waals surface area (Å²) in [5, 5.41) is 0. The standard InChI is InChI=1S/C13H15N5O/c1-10(19)18-5-2-3-12(18)11-7-15-8-13(16-11)17-6-4-14-9-17/h4,6-9,12H,2-3,5H2,1H3/t12-/m1/s1. The van der Waals surface area contributed by atoms with Crippen molar-refractivity contribution in [3.63, 3.8) is 0 Å². The van der Waals surface area contributed by atoms with Crippen LogP contribution in [0.4, 0.5) is 0 Å². The van der Waals surface area contributed by atoms with Crippen LogP contribution in [0, 0.1) is 0 Å². The molecule has 0 aromatic carbocycles. The van der Waals surface area contributed by atoms with Crippen LogP contribution in [0.25, 0.3) is 5.82 Å². The van der Waals surface area contributed by atoms with Gasteiger partial charge in [0.2, 0.25) is 5.91 Å². The molecule has 3 rings (SSSR count). The summed E-state index contributed by atoms with van der Waals surface area (Å²) in [6.07, 6.45) is 10.6. The van der Waals surface area contributed by atoms with Crippen molar-refractivity contribution in [3.8, 4) is 5.82 Å². The van der Waals surface area contributed by atoms with E-state index in [0.29, 0.717) is 0 Å². The van der Waals surface area contributed by atoms with Crippen molar-refractivity contribution in [2.45, 2.75) is 25.8 Å². The maximum absolute atomic E-state index is 11.6. The van der Waals surface area contributed by atoms with E-state index in [1.165, 1.54) is 0 Å². The van der Waals surface area contributed by atoms with Crippen molar-refractivity contribution in [1.29, 1.82) is 0 Å². The van der Waals surface area contributed by atoms with Crippen molar-refractivity contribution < 1.29 is 4.79 Å². The maximum atomic E-state index is 11.6. The summed E-state index contributed by atoms with van der Waals surface area (Å²) >= 11 is 0. The van der Waals surface area contributed by atoms with E-state index in [2.05, 4.69) is 15.0 Å². The highest BCUT2D eigenvalue weighted by molar-refractivity contribution is 5.74. The van der Waals surface area contributed by atoms with Gasteiger partial charge in [-0.05, 0) is 12.8 Å². The van der Waals surface area contributed by atoms with Crippen molar-refractivity contribution in [2.75, 3.05) is 6.54 Å². The number of carbonyl (C=O) groups excluding carboxylic acids is 1. The number of hydrogen-bond acceptors (Lipinski definition) is 4. The molecule has 19 heavy (non-hydrogen) atoms. The summed E-state index contributed by atoms with van der Waals surface area (Å²) in [7, 11) is 0. The zero-order valence-electron chi connectivity index (χ0n) is 10.7. The van der Waals surface area contributed by atoms with E-state index in [0.717, 1.165) is 30.9 Å². The van der Waals surface area contributed by atoms with Gasteiger partial charge in [-0.3, -0.25) is 14.3 Å². The minimum atomic E-state index is 0.0495. The molecule has 0 aliphatic carbocycles. The summed E-state index contributed by atoms with van der Waals surface area (Å²) < 4.78 is 1.81. The fourth-order valence-electron chi connectivity index (χ4n) is 2.50. The Morgan fingerprint density at radius 1 is 1.37 bits per heavy atom. The second-order valence-electron chi connectivity index (χ2n) is 4.64. The molecule has 0 unspecified atom stereocenters. The van der Waals surface area contributed by atoms with Gasteiger partial charge in [0.15, 0.2) is 5.82 Å². The lowest BCUT2D eigenvalue weighted by Gasteiger charge is -2.22. The summed E-state index contributed by atoms with van der Waals surface area (Å²) in [5.74, 6) is 0.822. The first-order valence-corrected chi connectivity index (χ1v) is 6.33. The van der Waals surface area contributed by atoms with Crippen molar-refractivity contribution >= 4 is 5.91 Å². The van der Waals surface area contributed by atoms with Gasteiger partial charge in [-0.1, -0.05) is 0 Å². The molecule has 3 heterocycles. The predicted molar refractivity (Wildman–Crippen MR) is 68.5 cm³/mol. The zero-order chi connectivity index (χ0) is 13.2. The van der Waals surface area contributed by atoms with Gasteiger partial charge in [-0.2, -0.15) is 0 Å². The smallest absolute Gasteiger partial charge is 0.220 e. The molecule has 2 aromatic heterocycles. The fraction of sp³-hybridized carbons (Fsp3) is 0.385. The van der Waals surface area contributed by atoms with E-state index in [1.54, 1.807) is 31.8 Å². The van der Waals surface area contributed by atoms with Gasteiger partial charge in [0, 0.05) is 25.9 Å². The third-order valence-electron chi connectivity index (χ3n) is 3.41. The van der Waals surface area contributed by atoms with Crippen molar-refractivity contribution in [2.24, 2.45) is 0 Å². The Morgan fingerprint density at radius 2 is 2.26 bits per heavy atom. The molecule has 6 heteroatoms. The number of carbonyl (C=O) groups is 1. The minimum Gasteiger partial charge on any atom is -0.334 e. The lowest BCUT2D eigenvalue weighted by atomic mass is 10.1.